The molecule has 0 bridgehead atoms. The van der Waals surface area contributed by atoms with Crippen LogP contribution in [0.2, 0.25) is 5.02 Å². The second-order valence-corrected chi connectivity index (χ2v) is 6.88. The number of hydrogen-bond acceptors (Lipinski definition) is 2. The topological polar surface area (TPSA) is 40.9 Å². The number of carbonyl (C=O) groups is 1. The summed E-state index contributed by atoms with van der Waals surface area (Å²) in [4.78, 5) is 12.6. The first-order valence-corrected chi connectivity index (χ1v) is 6.91. The Morgan fingerprint density at radius 1 is 1.35 bits per heavy atom. The highest BCUT2D eigenvalue weighted by molar-refractivity contribution is 6.31. The fourth-order valence-corrected chi connectivity index (χ4v) is 3.40. The Bertz CT molecular complexity index is 581. The van der Waals surface area contributed by atoms with E-state index in [4.69, 9.17) is 11.6 Å². The molecule has 1 unspecified atom stereocenters. The minimum atomic E-state index is -1.14. The summed E-state index contributed by atoms with van der Waals surface area (Å²) in [5, 5.41) is 9.45. The lowest BCUT2D eigenvalue weighted by Crippen LogP contribution is -2.18. The molecule has 1 fully saturated rings. The Hall–Kier alpha value is -1.40. The first kappa shape index (κ1) is 15.0. The minimum absolute atomic E-state index is 0.000154. The molecule has 2 rings (SSSR count). The van der Waals surface area contributed by atoms with Gasteiger partial charge in [0.2, 0.25) is 0 Å². The summed E-state index contributed by atoms with van der Waals surface area (Å²) in [6.45, 7) is 7.97. The van der Waals surface area contributed by atoms with E-state index in [1.165, 1.54) is 18.2 Å². The molecule has 1 aromatic carbocycles. The van der Waals surface area contributed by atoms with Gasteiger partial charge in [0.15, 0.2) is 5.78 Å². The molecule has 0 heterocycles. The van der Waals surface area contributed by atoms with Gasteiger partial charge in [-0.05, 0) is 23.0 Å². The van der Waals surface area contributed by atoms with Crippen molar-refractivity contribution in [3.8, 4) is 6.07 Å². The van der Waals surface area contributed by atoms with E-state index in [0.717, 1.165) is 0 Å². The lowest BCUT2D eigenvalue weighted by atomic mass is 9.90. The monoisotopic (exact) mass is 293 g/mol. The van der Waals surface area contributed by atoms with Crippen LogP contribution in [0.1, 0.15) is 39.2 Å². The number of nitrogens with zero attached hydrogens (tertiary/aromatic N) is 1. The van der Waals surface area contributed by atoms with Crippen molar-refractivity contribution in [2.45, 2.75) is 33.6 Å². The molecule has 0 aliphatic heterocycles. The zero-order valence-corrected chi connectivity index (χ0v) is 12.8. The van der Waals surface area contributed by atoms with Gasteiger partial charge in [0, 0.05) is 16.5 Å². The van der Waals surface area contributed by atoms with Gasteiger partial charge in [0.25, 0.3) is 0 Å². The van der Waals surface area contributed by atoms with Gasteiger partial charge in [0.1, 0.15) is 11.7 Å². The van der Waals surface area contributed by atoms with E-state index in [1.54, 1.807) is 0 Å². The molecule has 0 amide bonds. The van der Waals surface area contributed by atoms with Crippen molar-refractivity contribution in [1.82, 2.24) is 0 Å². The summed E-state index contributed by atoms with van der Waals surface area (Å²) in [6, 6.07) is 6.11. The third kappa shape index (κ3) is 1.94. The van der Waals surface area contributed by atoms with E-state index in [0.29, 0.717) is 0 Å². The summed E-state index contributed by atoms with van der Waals surface area (Å²) in [5.41, 5.74) is -0.367. The fraction of sp³-hybridized carbons (Fsp3) is 0.500. The summed E-state index contributed by atoms with van der Waals surface area (Å²) in [6.07, 6.45) is 0. The lowest BCUT2D eigenvalue weighted by Gasteiger charge is -2.12. The number of Topliss-reactive ketones (excluding diaryl/α,β-unsaturated/α-hetero) is 1. The molecule has 1 aromatic rings. The molecule has 0 N–H and O–H groups in total. The first-order valence-electron chi connectivity index (χ1n) is 6.53. The van der Waals surface area contributed by atoms with Crippen molar-refractivity contribution in [3.05, 3.63) is 34.6 Å². The van der Waals surface area contributed by atoms with Gasteiger partial charge >= 0.3 is 0 Å². The quantitative estimate of drug-likeness (QED) is 0.832. The molecule has 1 aliphatic carbocycles. The largest absolute Gasteiger partial charge is 0.297 e. The predicted molar refractivity (Wildman–Crippen MR) is 75.8 cm³/mol. The second-order valence-electron chi connectivity index (χ2n) is 6.48. The standard InChI is InChI=1S/C16H17ClFNO/c1-15(2)14(16(15,3)4)13(20)9(8-19)12-10(17)6-5-7-11(12)18/h5-7,9,14H,1-4H3. The molecule has 0 aromatic heterocycles. The third-order valence-electron chi connectivity index (χ3n) is 5.01. The summed E-state index contributed by atoms with van der Waals surface area (Å²) in [7, 11) is 0. The number of ketones is 1. The van der Waals surface area contributed by atoms with Crippen molar-refractivity contribution in [2.24, 2.45) is 16.7 Å². The van der Waals surface area contributed by atoms with Crippen LogP contribution in [0.3, 0.4) is 0 Å². The van der Waals surface area contributed by atoms with Gasteiger partial charge in [-0.2, -0.15) is 5.26 Å². The van der Waals surface area contributed by atoms with Gasteiger partial charge in [0.05, 0.1) is 6.07 Å². The van der Waals surface area contributed by atoms with E-state index in [-0.39, 0.29) is 33.1 Å². The maximum absolute atomic E-state index is 13.9. The van der Waals surface area contributed by atoms with Crippen molar-refractivity contribution in [3.63, 3.8) is 0 Å². The maximum Gasteiger partial charge on any atom is 0.158 e. The van der Waals surface area contributed by atoms with Crippen LogP contribution in [0.15, 0.2) is 18.2 Å². The number of halogens is 2. The van der Waals surface area contributed by atoms with Crippen molar-refractivity contribution in [2.75, 3.05) is 0 Å². The number of rotatable bonds is 3. The van der Waals surface area contributed by atoms with E-state index in [9.17, 15) is 14.4 Å². The van der Waals surface area contributed by atoms with E-state index < -0.39 is 11.7 Å². The second kappa shape index (κ2) is 4.56. The maximum atomic E-state index is 13.9. The Labute approximate surface area is 123 Å². The molecule has 1 atom stereocenters. The normalized spacial score (nSPS) is 21.1. The molecule has 20 heavy (non-hydrogen) atoms. The van der Waals surface area contributed by atoms with Crippen LogP contribution in [-0.4, -0.2) is 5.78 Å². The predicted octanol–water partition coefficient (Wildman–Crippen LogP) is 4.34. The van der Waals surface area contributed by atoms with Gasteiger partial charge in [-0.15, -0.1) is 0 Å². The highest BCUT2D eigenvalue weighted by Crippen LogP contribution is 2.69. The average Bonchev–Trinajstić information content (AvgIpc) is 2.74. The van der Waals surface area contributed by atoms with Crippen LogP contribution in [0.5, 0.6) is 0 Å². The van der Waals surface area contributed by atoms with Gasteiger partial charge < -0.3 is 0 Å². The van der Waals surface area contributed by atoms with Crippen molar-refractivity contribution >= 4 is 17.4 Å². The van der Waals surface area contributed by atoms with Crippen LogP contribution >= 0.6 is 11.6 Å². The Morgan fingerprint density at radius 2 is 1.90 bits per heavy atom. The summed E-state index contributed by atoms with van der Waals surface area (Å²) >= 11 is 5.97. The molecule has 106 valence electrons. The molecule has 1 aliphatic rings. The molecular weight excluding hydrogens is 277 g/mol. The van der Waals surface area contributed by atoms with Crippen molar-refractivity contribution in [1.29, 1.82) is 5.26 Å². The molecule has 0 saturated heterocycles. The summed E-state index contributed by atoms with van der Waals surface area (Å²) < 4.78 is 13.9. The van der Waals surface area contributed by atoms with Crippen LogP contribution in [-0.2, 0) is 4.79 Å². The molecule has 2 nitrogen and oxygen atoms in total. The fourth-order valence-electron chi connectivity index (χ4n) is 3.13. The zero-order valence-electron chi connectivity index (χ0n) is 12.0. The van der Waals surface area contributed by atoms with Gasteiger partial charge in [-0.3, -0.25) is 4.79 Å². The first-order chi connectivity index (χ1) is 9.16. The van der Waals surface area contributed by atoms with Crippen LogP contribution < -0.4 is 0 Å². The number of carbonyl (C=O) groups excluding carboxylic acids is 1. The minimum Gasteiger partial charge on any atom is -0.297 e. The Balaban J connectivity index is 2.41. The summed E-state index contributed by atoms with van der Waals surface area (Å²) in [5.74, 6) is -2.24. The molecule has 4 heteroatoms. The molecule has 0 spiro atoms. The number of benzene rings is 1. The van der Waals surface area contributed by atoms with Crippen LogP contribution in [0.25, 0.3) is 0 Å². The number of nitriles is 1. The highest BCUT2D eigenvalue weighted by atomic mass is 35.5. The highest BCUT2D eigenvalue weighted by Gasteiger charge is 2.68. The van der Waals surface area contributed by atoms with Crippen molar-refractivity contribution < 1.29 is 9.18 Å². The number of hydrogen-bond donors (Lipinski definition) is 0. The van der Waals surface area contributed by atoms with E-state index in [1.807, 2.05) is 33.8 Å². The Kier molecular flexibility index (Phi) is 3.42. The van der Waals surface area contributed by atoms with E-state index in [2.05, 4.69) is 0 Å². The Morgan fingerprint density at radius 3 is 2.30 bits per heavy atom. The molecular formula is C16H17ClFNO. The van der Waals surface area contributed by atoms with Gasteiger partial charge in [-0.1, -0.05) is 45.4 Å². The van der Waals surface area contributed by atoms with Crippen LogP contribution in [0, 0.1) is 33.9 Å². The van der Waals surface area contributed by atoms with Gasteiger partial charge in [-0.25, -0.2) is 4.39 Å². The molecule has 1 saturated carbocycles. The lowest BCUT2D eigenvalue weighted by molar-refractivity contribution is -0.121. The van der Waals surface area contributed by atoms with Crippen LogP contribution in [0.4, 0.5) is 4.39 Å². The smallest absolute Gasteiger partial charge is 0.158 e. The zero-order chi connectivity index (χ0) is 15.3. The average molecular weight is 294 g/mol. The molecule has 0 radical (unpaired) electrons. The SMILES string of the molecule is CC1(C)C(C(=O)C(C#N)c2c(F)cccc2Cl)C1(C)C. The van der Waals surface area contributed by atoms with E-state index >= 15 is 0 Å². The third-order valence-corrected chi connectivity index (χ3v) is 5.34.